The summed E-state index contributed by atoms with van der Waals surface area (Å²) in [6.07, 6.45) is 0. The van der Waals surface area contributed by atoms with Gasteiger partial charge in [0.1, 0.15) is 0 Å². The van der Waals surface area contributed by atoms with Crippen LogP contribution in [0.15, 0.2) is 0 Å². The van der Waals surface area contributed by atoms with Crippen molar-refractivity contribution in [2.45, 2.75) is 0 Å². The van der Waals surface area contributed by atoms with E-state index < -0.39 is 10.3 Å². The van der Waals surface area contributed by atoms with E-state index in [2.05, 4.69) is 15.3 Å². The Morgan fingerprint density at radius 3 is 1.83 bits per heavy atom. The van der Waals surface area contributed by atoms with Gasteiger partial charge in [-0.15, -0.1) is 0 Å². The second-order valence-electron chi connectivity index (χ2n) is 0.611. The van der Waals surface area contributed by atoms with E-state index in [9.17, 15) is 8.42 Å². The van der Waals surface area contributed by atoms with E-state index in [0.29, 0.717) is 0 Å². The monoisotopic (exact) mass is 113 g/mol. The number of hydrogen-bond acceptors (Lipinski definition) is 3. The molecule has 0 spiro atoms. The molecule has 6 heavy (non-hydrogen) atoms. The van der Waals surface area contributed by atoms with Gasteiger partial charge < -0.3 is 0 Å². The quantitative estimate of drug-likeness (QED) is 0.364. The van der Waals surface area contributed by atoms with Crippen LogP contribution in [0.3, 0.4) is 0 Å². The van der Waals surface area contributed by atoms with Crippen LogP contribution < -0.4 is 11.0 Å². The predicted octanol–water partition coefficient (Wildman–Crippen LogP) is -2.64. The Balaban J connectivity index is 3.85. The maximum absolute atomic E-state index is 9.49. The zero-order valence-electron chi connectivity index (χ0n) is 2.92. The molecule has 0 atom stereocenters. The molecule has 0 heterocycles. The van der Waals surface area contributed by atoms with E-state index in [-0.39, 0.29) is 0 Å². The minimum Gasteiger partial charge on any atom is -0.202 e. The molecule has 0 bridgehead atoms. The van der Waals surface area contributed by atoms with Crippen LogP contribution >= 0.6 is 0 Å². The minimum absolute atomic E-state index is 2.54. The fourth-order valence-electron chi connectivity index (χ4n) is 0. The van der Waals surface area contributed by atoms with Crippen LogP contribution in [-0.4, -0.2) is 8.42 Å². The van der Waals surface area contributed by atoms with Crippen LogP contribution in [0.1, 0.15) is 0 Å². The molecule has 0 radical (unpaired) electrons. The largest absolute Gasteiger partial charge is 0.378 e. The van der Waals surface area contributed by atoms with Crippen molar-refractivity contribution >= 4 is 10.3 Å². The van der Waals surface area contributed by atoms with Crippen molar-refractivity contribution in [3.8, 4) is 0 Å². The summed E-state index contributed by atoms with van der Waals surface area (Å²) in [5.41, 5.74) is 0. The number of quaternary nitrogens is 1. The lowest BCUT2D eigenvalue weighted by Gasteiger charge is -1.79. The van der Waals surface area contributed by atoms with Gasteiger partial charge in [0.2, 0.25) is 0 Å². The van der Waals surface area contributed by atoms with Crippen LogP contribution in [0.4, 0.5) is 0 Å². The molecule has 38 valence electrons. The standard InChI is InChI=1S/H5N2O3S/c1-5-6(2,3)4/h1H3,(H2,2,3,4)/q+1. The fraction of sp³-hybridized carbons (Fsp3) is 0. The number of hydrogen-bond donors (Lipinski definition) is 2. The minimum atomic E-state index is -3.77. The van der Waals surface area contributed by atoms with Gasteiger partial charge >= 0.3 is 10.3 Å². The van der Waals surface area contributed by atoms with E-state index >= 15 is 0 Å². The van der Waals surface area contributed by atoms with Crippen molar-refractivity contribution in [3.05, 3.63) is 0 Å². The molecule has 5 nitrogen and oxygen atoms in total. The predicted molar refractivity (Wildman–Crippen MR) is 17.1 cm³/mol. The highest BCUT2D eigenvalue weighted by Gasteiger charge is 1.96. The average Bonchev–Trinajstić information content (AvgIpc) is 1.35. The Kier molecular flexibility index (Phi) is 1.48. The van der Waals surface area contributed by atoms with Crippen LogP contribution in [0, 0.1) is 0 Å². The van der Waals surface area contributed by atoms with Gasteiger partial charge in [0.25, 0.3) is 0 Å². The summed E-state index contributed by atoms with van der Waals surface area (Å²) in [7, 11) is -3.77. The molecule has 0 aromatic rings. The lowest BCUT2D eigenvalue weighted by Crippen LogP contribution is -2.52. The fourth-order valence-corrected chi connectivity index (χ4v) is 0. The molecule has 0 aliphatic carbocycles. The van der Waals surface area contributed by atoms with Crippen LogP contribution in [0.25, 0.3) is 0 Å². The molecule has 0 unspecified atom stereocenters. The van der Waals surface area contributed by atoms with Gasteiger partial charge in [0, 0.05) is 0 Å². The molecule has 6 heteroatoms. The molecule has 0 amide bonds. The third-order valence-corrected chi connectivity index (χ3v) is 0.493. The Hall–Kier alpha value is -0.170. The van der Waals surface area contributed by atoms with Crippen molar-refractivity contribution in [1.82, 2.24) is 0 Å². The first-order chi connectivity index (χ1) is 2.56. The van der Waals surface area contributed by atoms with Crippen molar-refractivity contribution in [2.24, 2.45) is 5.14 Å². The van der Waals surface area contributed by atoms with Crippen LogP contribution in [0.5, 0.6) is 0 Å². The van der Waals surface area contributed by atoms with Gasteiger partial charge in [-0.3, -0.25) is 0 Å². The third kappa shape index (κ3) is 3.83. The van der Waals surface area contributed by atoms with E-state index in [0.717, 1.165) is 0 Å². The SMILES string of the molecule is NS(=O)(=O)O[NH3+]. The molecule has 5 N–H and O–H groups in total. The molecule has 0 aliphatic rings. The molecule has 0 saturated carbocycles. The molecule has 0 aliphatic heterocycles. The summed E-state index contributed by atoms with van der Waals surface area (Å²) < 4.78 is 22.4. The van der Waals surface area contributed by atoms with Gasteiger partial charge in [0.15, 0.2) is 0 Å². The van der Waals surface area contributed by atoms with Gasteiger partial charge in [-0.25, -0.2) is 5.14 Å². The number of rotatable bonds is 1. The average molecular weight is 113 g/mol. The number of nitrogens with two attached hydrogens (primary N) is 1. The topological polar surface area (TPSA) is 97.0 Å². The first-order valence-corrected chi connectivity index (χ1v) is 2.50. The zero-order chi connectivity index (χ0) is 5.21. The van der Waals surface area contributed by atoms with Crippen molar-refractivity contribution in [3.63, 3.8) is 0 Å². The normalized spacial score (nSPS) is 11.7. The van der Waals surface area contributed by atoms with Crippen LogP contribution in [-0.2, 0) is 14.6 Å². The molecule has 0 aromatic carbocycles. The molecule has 0 fully saturated rings. The Morgan fingerprint density at radius 1 is 1.67 bits per heavy atom. The second-order valence-corrected chi connectivity index (χ2v) is 1.83. The van der Waals surface area contributed by atoms with E-state index in [1.807, 2.05) is 0 Å². The van der Waals surface area contributed by atoms with Gasteiger partial charge in [-0.1, -0.05) is 4.28 Å². The zero-order valence-corrected chi connectivity index (χ0v) is 3.73. The van der Waals surface area contributed by atoms with Crippen molar-refractivity contribution in [2.75, 3.05) is 0 Å². The molecular formula is H5N2O3S+. The lowest BCUT2D eigenvalue weighted by molar-refractivity contribution is -0.635. The highest BCUT2D eigenvalue weighted by molar-refractivity contribution is 7.84. The van der Waals surface area contributed by atoms with E-state index in [1.165, 1.54) is 0 Å². The second kappa shape index (κ2) is 1.52. The lowest BCUT2D eigenvalue weighted by atomic mass is 13.6. The molecule has 0 rings (SSSR count). The van der Waals surface area contributed by atoms with E-state index in [4.69, 9.17) is 0 Å². The van der Waals surface area contributed by atoms with Gasteiger partial charge in [-0.05, 0) is 0 Å². The van der Waals surface area contributed by atoms with Crippen molar-refractivity contribution < 1.29 is 18.6 Å². The maximum Gasteiger partial charge on any atom is 0.378 e. The first kappa shape index (κ1) is 5.83. The van der Waals surface area contributed by atoms with Crippen LogP contribution in [0.2, 0.25) is 0 Å². The maximum atomic E-state index is 9.49. The Morgan fingerprint density at radius 2 is 1.83 bits per heavy atom. The smallest absolute Gasteiger partial charge is 0.202 e. The highest BCUT2D eigenvalue weighted by Crippen LogP contribution is 1.61. The summed E-state index contributed by atoms with van der Waals surface area (Å²) in [4.78, 5) is 0. The van der Waals surface area contributed by atoms with Crippen molar-refractivity contribution in [1.29, 1.82) is 0 Å². The van der Waals surface area contributed by atoms with Gasteiger partial charge in [0.05, 0.1) is 0 Å². The summed E-state index contributed by atoms with van der Waals surface area (Å²) in [6.45, 7) is 0. The summed E-state index contributed by atoms with van der Waals surface area (Å²) in [5, 5.41) is 4.22. The highest BCUT2D eigenvalue weighted by atomic mass is 32.2. The summed E-state index contributed by atoms with van der Waals surface area (Å²) in [6, 6.07) is 0. The first-order valence-electron chi connectivity index (χ1n) is 1.02. The summed E-state index contributed by atoms with van der Waals surface area (Å²) >= 11 is 0. The Bertz CT molecular complexity index is 111. The van der Waals surface area contributed by atoms with E-state index in [1.54, 1.807) is 0 Å². The molecule has 0 aromatic heterocycles. The summed E-state index contributed by atoms with van der Waals surface area (Å²) in [5.74, 6) is 2.54. The van der Waals surface area contributed by atoms with Gasteiger partial charge in [-0.2, -0.15) is 14.3 Å². The third-order valence-electron chi connectivity index (χ3n) is 0.164. The Labute approximate surface area is 35.1 Å². The molecular weight excluding hydrogens is 108 g/mol. The molecule has 0 saturated heterocycles.